The van der Waals surface area contributed by atoms with Crippen LogP contribution in [-0.4, -0.2) is 37.1 Å². The van der Waals surface area contributed by atoms with E-state index >= 15 is 0 Å². The standard InChI is InChI=1S/C13H34O2Si3/c1-10-12(16(4)5)14-18(8,9)13(3,11-2)15-17(6)7/h12,16-17H,10-11H2,1-9H3. The van der Waals surface area contributed by atoms with Crippen molar-refractivity contribution in [3.05, 3.63) is 0 Å². The van der Waals surface area contributed by atoms with Crippen LogP contribution in [0.15, 0.2) is 0 Å². The van der Waals surface area contributed by atoms with Crippen LogP contribution in [0.25, 0.3) is 0 Å². The van der Waals surface area contributed by atoms with Crippen LogP contribution in [0.1, 0.15) is 33.6 Å². The second-order valence-corrected chi connectivity index (χ2v) is 16.4. The van der Waals surface area contributed by atoms with Crippen LogP contribution >= 0.6 is 0 Å². The van der Waals surface area contributed by atoms with Crippen molar-refractivity contribution in [2.24, 2.45) is 0 Å². The summed E-state index contributed by atoms with van der Waals surface area (Å²) in [6, 6.07) is 0. The number of hydrogen-bond donors (Lipinski definition) is 0. The average molecular weight is 307 g/mol. The quantitative estimate of drug-likeness (QED) is 0.636. The SMILES string of the molecule is CCC(O[Si](C)(C)C(C)(CC)O[SiH](C)C)[SiH](C)C. The third kappa shape index (κ3) is 4.92. The zero-order valence-electron chi connectivity index (χ0n) is 14.0. The van der Waals surface area contributed by atoms with Gasteiger partial charge in [0.05, 0.1) is 14.0 Å². The molecule has 0 aromatic rings. The Bertz CT molecular complexity index is 244. The van der Waals surface area contributed by atoms with Crippen LogP contribution in [0.5, 0.6) is 0 Å². The van der Waals surface area contributed by atoms with Gasteiger partial charge in [-0.05, 0) is 46.0 Å². The molecule has 0 N–H and O–H groups in total. The lowest BCUT2D eigenvalue weighted by Crippen LogP contribution is -2.59. The van der Waals surface area contributed by atoms with Gasteiger partial charge in [0.1, 0.15) is 0 Å². The molecule has 0 fully saturated rings. The smallest absolute Gasteiger partial charge is 0.216 e. The van der Waals surface area contributed by atoms with E-state index in [4.69, 9.17) is 8.85 Å². The van der Waals surface area contributed by atoms with Gasteiger partial charge in [-0.1, -0.05) is 26.9 Å². The third-order valence-corrected chi connectivity index (χ3v) is 11.5. The van der Waals surface area contributed by atoms with E-state index in [0.29, 0.717) is 5.73 Å². The molecule has 0 spiro atoms. The van der Waals surface area contributed by atoms with Gasteiger partial charge < -0.3 is 8.85 Å². The van der Waals surface area contributed by atoms with Crippen molar-refractivity contribution in [3.8, 4) is 0 Å². The first-order valence-electron chi connectivity index (χ1n) is 7.45. The Labute approximate surface area is 119 Å². The molecule has 0 amide bonds. The summed E-state index contributed by atoms with van der Waals surface area (Å²) in [6.45, 7) is 20.7. The molecular formula is C13H34O2Si3. The molecule has 110 valence electrons. The fourth-order valence-corrected chi connectivity index (χ4v) is 10.5. The van der Waals surface area contributed by atoms with Gasteiger partial charge >= 0.3 is 0 Å². The summed E-state index contributed by atoms with van der Waals surface area (Å²) in [4.78, 5) is 0. The van der Waals surface area contributed by atoms with Crippen molar-refractivity contribution in [2.75, 3.05) is 0 Å². The highest BCUT2D eigenvalue weighted by Gasteiger charge is 2.46. The number of hydrogen-bond acceptors (Lipinski definition) is 2. The van der Waals surface area contributed by atoms with Crippen LogP contribution in [0.3, 0.4) is 0 Å². The summed E-state index contributed by atoms with van der Waals surface area (Å²) < 4.78 is 13.0. The second-order valence-electron chi connectivity index (χ2n) is 6.57. The molecule has 0 aliphatic heterocycles. The van der Waals surface area contributed by atoms with Gasteiger partial charge in [0.25, 0.3) is 0 Å². The van der Waals surface area contributed by atoms with Crippen molar-refractivity contribution in [2.45, 2.75) is 83.8 Å². The molecule has 0 aromatic carbocycles. The average Bonchev–Trinajstić information content (AvgIpc) is 2.24. The second kappa shape index (κ2) is 7.38. The summed E-state index contributed by atoms with van der Waals surface area (Å²) in [5.41, 5.74) is 0.509. The van der Waals surface area contributed by atoms with Gasteiger partial charge in [-0.15, -0.1) is 0 Å². The minimum Gasteiger partial charge on any atom is -0.415 e. The van der Waals surface area contributed by atoms with Crippen molar-refractivity contribution in [1.29, 1.82) is 0 Å². The summed E-state index contributed by atoms with van der Waals surface area (Å²) in [5, 5.41) is -0.0237. The molecule has 0 heterocycles. The first-order chi connectivity index (χ1) is 8.09. The third-order valence-electron chi connectivity index (χ3n) is 4.04. The van der Waals surface area contributed by atoms with Gasteiger partial charge in [0.15, 0.2) is 9.04 Å². The van der Waals surface area contributed by atoms with E-state index in [9.17, 15) is 0 Å². The topological polar surface area (TPSA) is 18.5 Å². The molecule has 5 heteroatoms. The Morgan fingerprint density at radius 2 is 1.61 bits per heavy atom. The molecule has 18 heavy (non-hydrogen) atoms. The molecule has 2 unspecified atom stereocenters. The van der Waals surface area contributed by atoms with Crippen LogP contribution in [0, 0.1) is 0 Å². The molecule has 2 atom stereocenters. The molecule has 0 rings (SSSR count). The van der Waals surface area contributed by atoms with E-state index in [0.717, 1.165) is 12.8 Å². The molecule has 0 radical (unpaired) electrons. The maximum absolute atomic E-state index is 6.60. The minimum absolute atomic E-state index is 0.0237. The summed E-state index contributed by atoms with van der Waals surface area (Å²) in [5.74, 6) is 0. The van der Waals surface area contributed by atoms with Crippen molar-refractivity contribution in [1.82, 2.24) is 0 Å². The Morgan fingerprint density at radius 3 is 1.89 bits per heavy atom. The highest BCUT2D eigenvalue weighted by Crippen LogP contribution is 2.31. The van der Waals surface area contributed by atoms with Gasteiger partial charge in [0.2, 0.25) is 8.32 Å². The largest absolute Gasteiger partial charge is 0.415 e. The van der Waals surface area contributed by atoms with E-state index in [1.54, 1.807) is 0 Å². The first kappa shape index (κ1) is 18.6. The van der Waals surface area contributed by atoms with Crippen LogP contribution < -0.4 is 0 Å². The maximum atomic E-state index is 6.60. The molecule has 0 aliphatic rings. The lowest BCUT2D eigenvalue weighted by atomic mass is 10.3. The Morgan fingerprint density at radius 1 is 1.11 bits per heavy atom. The summed E-state index contributed by atoms with van der Waals surface area (Å²) in [7, 11) is -3.58. The molecule has 0 bridgehead atoms. The van der Waals surface area contributed by atoms with E-state index in [1.165, 1.54) is 0 Å². The normalized spacial score (nSPS) is 18.2. The van der Waals surface area contributed by atoms with Gasteiger partial charge in [-0.25, -0.2) is 0 Å². The minimum atomic E-state index is -1.82. The van der Waals surface area contributed by atoms with Gasteiger partial charge in [-0.2, -0.15) is 0 Å². The van der Waals surface area contributed by atoms with Crippen molar-refractivity contribution < 1.29 is 8.85 Å². The van der Waals surface area contributed by atoms with Crippen LogP contribution in [0.4, 0.5) is 0 Å². The van der Waals surface area contributed by atoms with E-state index in [1.807, 2.05) is 0 Å². The molecular weight excluding hydrogens is 272 g/mol. The van der Waals surface area contributed by atoms with Gasteiger partial charge in [0, 0.05) is 5.73 Å². The zero-order chi connectivity index (χ0) is 14.6. The fraction of sp³-hybridized carbons (Fsp3) is 1.00. The number of rotatable bonds is 8. The Hall–Kier alpha value is 0.571. The van der Waals surface area contributed by atoms with Gasteiger partial charge in [-0.3, -0.25) is 0 Å². The predicted molar refractivity (Wildman–Crippen MR) is 90.2 cm³/mol. The van der Waals surface area contributed by atoms with E-state index in [2.05, 4.69) is 60.1 Å². The van der Waals surface area contributed by atoms with E-state index in [-0.39, 0.29) is 5.22 Å². The Balaban J connectivity index is 4.95. The van der Waals surface area contributed by atoms with Crippen LogP contribution in [-0.2, 0) is 8.85 Å². The fourth-order valence-electron chi connectivity index (χ4n) is 2.37. The van der Waals surface area contributed by atoms with Crippen molar-refractivity contribution >= 4 is 26.2 Å². The van der Waals surface area contributed by atoms with Crippen LogP contribution in [0.2, 0.25) is 39.3 Å². The first-order valence-corrected chi connectivity index (χ1v) is 16.1. The zero-order valence-corrected chi connectivity index (χ0v) is 17.3. The lowest BCUT2D eigenvalue weighted by Gasteiger charge is -2.45. The summed E-state index contributed by atoms with van der Waals surface area (Å²) in [6.07, 6.45) is 2.21. The molecule has 2 nitrogen and oxygen atoms in total. The maximum Gasteiger partial charge on any atom is 0.216 e. The van der Waals surface area contributed by atoms with Crippen molar-refractivity contribution in [3.63, 3.8) is 0 Å². The monoisotopic (exact) mass is 306 g/mol. The lowest BCUT2D eigenvalue weighted by molar-refractivity contribution is 0.116. The Kier molecular flexibility index (Phi) is 7.61. The predicted octanol–water partition coefficient (Wildman–Crippen LogP) is 3.72. The summed E-state index contributed by atoms with van der Waals surface area (Å²) >= 11 is 0. The molecule has 0 saturated heterocycles. The highest BCUT2D eigenvalue weighted by atomic mass is 28.4. The molecule has 0 aromatic heterocycles. The van der Waals surface area contributed by atoms with E-state index < -0.39 is 26.2 Å². The molecule has 0 saturated carbocycles. The highest BCUT2D eigenvalue weighted by molar-refractivity contribution is 6.75. The molecule has 0 aliphatic carbocycles.